The largest absolute Gasteiger partial charge is 0.470 e. The van der Waals surface area contributed by atoms with E-state index in [1.807, 2.05) is 19.1 Å². The van der Waals surface area contributed by atoms with Gasteiger partial charge in [-0.15, -0.1) is 10.2 Å². The van der Waals surface area contributed by atoms with E-state index < -0.39 is 0 Å². The molecule has 2 rings (SSSR count). The van der Waals surface area contributed by atoms with Crippen LogP contribution in [0.3, 0.4) is 0 Å². The predicted molar refractivity (Wildman–Crippen MR) is 94.5 cm³/mol. The number of rotatable bonds is 6. The quantitative estimate of drug-likeness (QED) is 0.349. The molecule has 0 radical (unpaired) electrons. The first-order valence-corrected chi connectivity index (χ1v) is 7.43. The van der Waals surface area contributed by atoms with Gasteiger partial charge in [0.2, 0.25) is 5.90 Å². The minimum absolute atomic E-state index is 0.0591. The number of hydrogen-bond acceptors (Lipinski definition) is 5. The second kappa shape index (κ2) is 7.97. The number of hydrogen-bond donors (Lipinski definition) is 0. The van der Waals surface area contributed by atoms with Crippen LogP contribution in [0.25, 0.3) is 0 Å². The van der Waals surface area contributed by atoms with Crippen LogP contribution in [0.1, 0.15) is 29.8 Å². The molecule has 0 unspecified atom stereocenters. The van der Waals surface area contributed by atoms with Gasteiger partial charge in [-0.1, -0.05) is 43.0 Å². The molecule has 0 saturated heterocycles. The molecule has 1 aliphatic heterocycles. The van der Waals surface area contributed by atoms with Gasteiger partial charge >= 0.3 is 0 Å². The fraction of sp³-hybridized carbons (Fsp3) is 0.158. The van der Waals surface area contributed by atoms with Crippen molar-refractivity contribution in [2.75, 3.05) is 6.61 Å². The number of ether oxygens (including phenoxy) is 1. The molecule has 1 aromatic rings. The third kappa shape index (κ3) is 4.01. The van der Waals surface area contributed by atoms with Crippen molar-refractivity contribution in [2.45, 2.75) is 13.8 Å². The molecule has 0 N–H and O–H groups in total. The van der Waals surface area contributed by atoms with Crippen molar-refractivity contribution in [3.63, 3.8) is 0 Å². The van der Waals surface area contributed by atoms with Crippen LogP contribution in [0.2, 0.25) is 0 Å². The van der Waals surface area contributed by atoms with Gasteiger partial charge in [-0.3, -0.25) is 9.59 Å². The summed E-state index contributed by atoms with van der Waals surface area (Å²) in [7, 11) is 0. The molecule has 0 aliphatic carbocycles. The van der Waals surface area contributed by atoms with E-state index in [1.54, 1.807) is 30.4 Å². The van der Waals surface area contributed by atoms with Crippen LogP contribution in [-0.4, -0.2) is 30.3 Å². The summed E-state index contributed by atoms with van der Waals surface area (Å²) in [5, 5.41) is 8.30. The maximum atomic E-state index is 11.7. The van der Waals surface area contributed by atoms with Crippen molar-refractivity contribution in [3.05, 3.63) is 71.3 Å². The molecule has 5 nitrogen and oxygen atoms in total. The minimum atomic E-state index is -0.0591. The van der Waals surface area contributed by atoms with Crippen molar-refractivity contribution >= 4 is 23.7 Å². The Morgan fingerprint density at radius 1 is 1.25 bits per heavy atom. The molecule has 0 atom stereocenters. The fourth-order valence-corrected chi connectivity index (χ4v) is 2.14. The highest BCUT2D eigenvalue weighted by Gasteiger charge is 2.18. The van der Waals surface area contributed by atoms with Crippen LogP contribution >= 0.6 is 0 Å². The lowest BCUT2D eigenvalue weighted by molar-refractivity contribution is -0.104. The second-order valence-electron chi connectivity index (χ2n) is 5.11. The van der Waals surface area contributed by atoms with Gasteiger partial charge in [0.15, 0.2) is 5.78 Å². The SMILES string of the molecule is C=C(C=O)/C=C\C(=C/C)C1=NN=C(c2ccccc2C(C)=O)OC1. The van der Waals surface area contributed by atoms with Crippen LogP contribution in [0.4, 0.5) is 0 Å². The lowest BCUT2D eigenvalue weighted by Gasteiger charge is -2.16. The van der Waals surface area contributed by atoms with Crippen LogP contribution in [0, 0.1) is 0 Å². The smallest absolute Gasteiger partial charge is 0.241 e. The van der Waals surface area contributed by atoms with Crippen molar-refractivity contribution in [2.24, 2.45) is 10.2 Å². The van der Waals surface area contributed by atoms with Crippen molar-refractivity contribution in [1.29, 1.82) is 0 Å². The van der Waals surface area contributed by atoms with Crippen molar-refractivity contribution in [1.82, 2.24) is 0 Å². The Balaban J connectivity index is 2.29. The third-order valence-electron chi connectivity index (χ3n) is 3.42. The number of Topliss-reactive ketones (excluding diaryl/α,β-unsaturated/α-hetero) is 1. The first kappa shape index (κ1) is 17.3. The fourth-order valence-electron chi connectivity index (χ4n) is 2.14. The maximum Gasteiger partial charge on any atom is 0.241 e. The van der Waals surface area contributed by atoms with E-state index in [2.05, 4.69) is 16.8 Å². The zero-order valence-electron chi connectivity index (χ0n) is 13.7. The van der Waals surface area contributed by atoms with E-state index in [-0.39, 0.29) is 12.4 Å². The number of allylic oxidation sites excluding steroid dienone is 4. The van der Waals surface area contributed by atoms with Gasteiger partial charge in [0, 0.05) is 16.7 Å². The van der Waals surface area contributed by atoms with Crippen molar-refractivity contribution < 1.29 is 14.3 Å². The summed E-state index contributed by atoms with van der Waals surface area (Å²) in [5.41, 5.74) is 2.96. The number of benzene rings is 1. The summed E-state index contributed by atoms with van der Waals surface area (Å²) < 4.78 is 5.68. The molecule has 0 amide bonds. The maximum absolute atomic E-state index is 11.7. The van der Waals surface area contributed by atoms with Gasteiger partial charge in [-0.2, -0.15) is 0 Å². The lowest BCUT2D eigenvalue weighted by atomic mass is 10.0. The van der Waals surface area contributed by atoms with E-state index in [0.717, 1.165) is 5.57 Å². The Morgan fingerprint density at radius 3 is 2.58 bits per heavy atom. The summed E-state index contributed by atoms with van der Waals surface area (Å²) >= 11 is 0. The molecule has 1 aliphatic rings. The molecule has 24 heavy (non-hydrogen) atoms. The van der Waals surface area contributed by atoms with E-state index in [9.17, 15) is 9.59 Å². The summed E-state index contributed by atoms with van der Waals surface area (Å²) in [6, 6.07) is 7.12. The Hall–Kier alpha value is -3.08. The predicted octanol–water partition coefficient (Wildman–Crippen LogP) is 3.28. The second-order valence-corrected chi connectivity index (χ2v) is 5.11. The van der Waals surface area contributed by atoms with Crippen LogP contribution < -0.4 is 0 Å². The average molecular weight is 322 g/mol. The molecular weight excluding hydrogens is 304 g/mol. The molecule has 5 heteroatoms. The Labute approximate surface area is 140 Å². The number of aldehydes is 1. The molecular formula is C19H18N2O3. The summed E-state index contributed by atoms with van der Waals surface area (Å²) in [6.45, 7) is 7.17. The van der Waals surface area contributed by atoms with Crippen LogP contribution in [-0.2, 0) is 9.53 Å². The zero-order chi connectivity index (χ0) is 17.5. The Morgan fingerprint density at radius 2 is 2.00 bits per heavy atom. The van der Waals surface area contributed by atoms with E-state index >= 15 is 0 Å². The van der Waals surface area contributed by atoms with Gasteiger partial charge in [0.25, 0.3) is 0 Å². The summed E-state index contributed by atoms with van der Waals surface area (Å²) in [4.78, 5) is 22.3. The molecule has 122 valence electrons. The standard InChI is InChI=1S/C19H18N2O3/c1-4-15(10-9-13(2)11-22)18-12-24-19(21-20-18)17-8-6-5-7-16(17)14(3)23/h4-11H,2,12H2,1,3H3/b10-9-,15-4+. The number of nitrogens with zero attached hydrogens (tertiary/aromatic N) is 2. The molecule has 1 aromatic carbocycles. The summed E-state index contributed by atoms with van der Waals surface area (Å²) in [6.07, 6.45) is 5.87. The average Bonchev–Trinajstić information content (AvgIpc) is 2.62. The van der Waals surface area contributed by atoms with Gasteiger partial charge in [-0.05, 0) is 25.5 Å². The molecule has 0 aromatic heterocycles. The molecule has 0 saturated carbocycles. The van der Waals surface area contributed by atoms with Gasteiger partial charge in [0.1, 0.15) is 18.6 Å². The van der Waals surface area contributed by atoms with Gasteiger partial charge in [0.05, 0.1) is 0 Å². The normalized spacial score (nSPS) is 14.7. The number of carbonyl (C=O) groups excluding carboxylic acids is 2. The van der Waals surface area contributed by atoms with Gasteiger partial charge in [-0.25, -0.2) is 0 Å². The third-order valence-corrected chi connectivity index (χ3v) is 3.42. The Bertz CT molecular complexity index is 799. The van der Waals surface area contributed by atoms with Crippen molar-refractivity contribution in [3.8, 4) is 0 Å². The van der Waals surface area contributed by atoms with Crippen LogP contribution in [0.15, 0.2) is 70.4 Å². The molecule has 0 bridgehead atoms. The Kier molecular flexibility index (Phi) is 5.73. The first-order chi connectivity index (χ1) is 11.6. The minimum Gasteiger partial charge on any atom is -0.470 e. The molecule has 1 heterocycles. The van der Waals surface area contributed by atoms with E-state index in [0.29, 0.717) is 34.6 Å². The number of ketones is 1. The zero-order valence-corrected chi connectivity index (χ0v) is 13.7. The highest BCUT2D eigenvalue weighted by molar-refractivity contribution is 6.11. The van der Waals surface area contributed by atoms with E-state index in [1.165, 1.54) is 6.92 Å². The molecule has 0 fully saturated rings. The lowest BCUT2D eigenvalue weighted by Crippen LogP contribution is -2.21. The van der Waals surface area contributed by atoms with E-state index in [4.69, 9.17) is 4.74 Å². The highest BCUT2D eigenvalue weighted by atomic mass is 16.5. The number of carbonyl (C=O) groups is 2. The summed E-state index contributed by atoms with van der Waals surface area (Å²) in [5.74, 6) is 0.261. The topological polar surface area (TPSA) is 68.1 Å². The van der Waals surface area contributed by atoms with Gasteiger partial charge < -0.3 is 4.74 Å². The first-order valence-electron chi connectivity index (χ1n) is 7.43. The highest BCUT2D eigenvalue weighted by Crippen LogP contribution is 2.16. The molecule has 0 spiro atoms. The van der Waals surface area contributed by atoms with Crippen LogP contribution in [0.5, 0.6) is 0 Å². The monoisotopic (exact) mass is 322 g/mol.